The highest BCUT2D eigenvalue weighted by atomic mass is 32.2. The second-order valence-electron chi connectivity index (χ2n) is 6.95. The number of halogens is 2. The largest absolute Gasteiger partial charge is 0.435 e. The number of aromatic amines is 1. The molecule has 1 N–H and O–H groups in total. The summed E-state index contributed by atoms with van der Waals surface area (Å²) < 4.78 is 55.8. The van der Waals surface area contributed by atoms with E-state index >= 15 is 0 Å². The van der Waals surface area contributed by atoms with Gasteiger partial charge >= 0.3 is 6.61 Å². The molecule has 156 valence electrons. The molecule has 1 amide bonds. The van der Waals surface area contributed by atoms with Crippen LogP contribution in [-0.2, 0) is 21.2 Å². The van der Waals surface area contributed by atoms with Crippen LogP contribution >= 0.6 is 0 Å². The van der Waals surface area contributed by atoms with Gasteiger partial charge < -0.3 is 14.6 Å². The number of carbonyl (C=O) groups is 1. The van der Waals surface area contributed by atoms with Gasteiger partial charge in [-0.2, -0.15) is 13.1 Å². The first-order chi connectivity index (χ1) is 13.8. The van der Waals surface area contributed by atoms with Crippen LogP contribution in [0.3, 0.4) is 0 Å². The minimum Gasteiger partial charge on any atom is -0.435 e. The number of ether oxygens (including phenoxy) is 1. The minimum absolute atomic E-state index is 0. The predicted octanol–water partition coefficient (Wildman–Crippen LogP) is 2.25. The van der Waals surface area contributed by atoms with E-state index in [0.717, 1.165) is 16.8 Å². The number of nitrogens with one attached hydrogen (secondary N) is 1. The van der Waals surface area contributed by atoms with Crippen molar-refractivity contribution in [2.24, 2.45) is 0 Å². The molecule has 2 aliphatic rings. The topological polar surface area (TPSA) is 82.7 Å². The van der Waals surface area contributed by atoms with Gasteiger partial charge in [-0.25, -0.2) is 8.42 Å². The molecule has 7 nitrogen and oxygen atoms in total. The first-order valence-electron chi connectivity index (χ1n) is 8.98. The van der Waals surface area contributed by atoms with E-state index in [1.54, 1.807) is 11.1 Å². The molecule has 29 heavy (non-hydrogen) atoms. The molecule has 0 atom stereocenters. The lowest BCUT2D eigenvalue weighted by Crippen LogP contribution is -2.37. The van der Waals surface area contributed by atoms with Crippen molar-refractivity contribution in [2.45, 2.75) is 17.9 Å². The van der Waals surface area contributed by atoms with Gasteiger partial charge in [0.25, 0.3) is 0 Å². The van der Waals surface area contributed by atoms with E-state index in [1.807, 2.05) is 12.1 Å². The van der Waals surface area contributed by atoms with E-state index in [1.165, 1.54) is 28.6 Å². The molecule has 4 rings (SSSR count). The molecule has 1 aromatic heterocycles. The Kier molecular flexibility index (Phi) is 5.13. The van der Waals surface area contributed by atoms with Crippen molar-refractivity contribution in [1.82, 2.24) is 14.2 Å². The standard InChI is InChI=1S/C19H19F2N3O4S.H2/c20-19(21)28-16-3-5-17(6-4-16)29(26,27)24-11-13-9-23(10-14(13)12-24)18(25)8-15-2-1-7-22-15;/h1-7,19,22H,8-12H2;1H. The number of amides is 1. The van der Waals surface area contributed by atoms with Crippen molar-refractivity contribution in [1.29, 1.82) is 0 Å². The van der Waals surface area contributed by atoms with Gasteiger partial charge in [0.1, 0.15) is 5.75 Å². The van der Waals surface area contributed by atoms with Gasteiger partial charge in [0.2, 0.25) is 15.9 Å². The Morgan fingerprint density at radius 3 is 2.31 bits per heavy atom. The SMILES string of the molecule is O=C(Cc1ccc[nH]1)N1CC2=C(C1)CN(S(=O)(=O)c1ccc(OC(F)F)cc1)C2.[HH]. The summed E-state index contributed by atoms with van der Waals surface area (Å²) in [4.78, 5) is 17.2. The summed E-state index contributed by atoms with van der Waals surface area (Å²) in [6.07, 6.45) is 2.04. The zero-order chi connectivity index (χ0) is 20.6. The van der Waals surface area contributed by atoms with Crippen molar-refractivity contribution in [3.05, 3.63) is 59.4 Å². The van der Waals surface area contributed by atoms with Crippen LogP contribution in [0.15, 0.2) is 58.6 Å². The van der Waals surface area contributed by atoms with Crippen LogP contribution in [0.5, 0.6) is 5.75 Å². The van der Waals surface area contributed by atoms with Crippen LogP contribution in [0, 0.1) is 0 Å². The summed E-state index contributed by atoms with van der Waals surface area (Å²) in [5.41, 5.74) is 2.71. The average molecular weight is 425 g/mol. The summed E-state index contributed by atoms with van der Waals surface area (Å²) >= 11 is 0. The van der Waals surface area contributed by atoms with E-state index < -0.39 is 16.6 Å². The molecule has 10 heteroatoms. The number of hydrogen-bond acceptors (Lipinski definition) is 4. The van der Waals surface area contributed by atoms with Gasteiger partial charge in [-0.15, -0.1) is 0 Å². The van der Waals surface area contributed by atoms with E-state index in [2.05, 4.69) is 9.72 Å². The molecule has 1 aromatic carbocycles. The first kappa shape index (κ1) is 19.6. The highest BCUT2D eigenvalue weighted by Gasteiger charge is 2.37. The van der Waals surface area contributed by atoms with Crippen LogP contribution in [-0.4, -0.2) is 61.3 Å². The van der Waals surface area contributed by atoms with Crippen LogP contribution in [0.2, 0.25) is 0 Å². The molecular weight excluding hydrogens is 404 g/mol. The van der Waals surface area contributed by atoms with Gasteiger partial charge in [0.15, 0.2) is 0 Å². The molecule has 0 fully saturated rings. The van der Waals surface area contributed by atoms with Gasteiger partial charge in [-0.1, -0.05) is 0 Å². The molecule has 3 heterocycles. The third kappa shape index (κ3) is 4.03. The third-order valence-corrected chi connectivity index (χ3v) is 6.85. The molecule has 0 radical (unpaired) electrons. The van der Waals surface area contributed by atoms with Crippen molar-refractivity contribution in [3.8, 4) is 5.75 Å². The van der Waals surface area contributed by atoms with Crippen LogP contribution < -0.4 is 4.74 Å². The lowest BCUT2D eigenvalue weighted by molar-refractivity contribution is -0.129. The smallest absolute Gasteiger partial charge is 0.387 e. The number of hydrogen-bond donors (Lipinski definition) is 1. The molecule has 0 saturated carbocycles. The molecule has 0 aliphatic carbocycles. The summed E-state index contributed by atoms with van der Waals surface area (Å²) in [5, 5.41) is 0. The van der Waals surface area contributed by atoms with Crippen LogP contribution in [0.4, 0.5) is 8.78 Å². The third-order valence-electron chi connectivity index (χ3n) is 5.04. The highest BCUT2D eigenvalue weighted by molar-refractivity contribution is 7.89. The fourth-order valence-electron chi connectivity index (χ4n) is 3.59. The zero-order valence-corrected chi connectivity index (χ0v) is 16.2. The van der Waals surface area contributed by atoms with Crippen molar-refractivity contribution >= 4 is 15.9 Å². The Labute approximate surface area is 168 Å². The lowest BCUT2D eigenvalue weighted by Gasteiger charge is -2.22. The average Bonchev–Trinajstić information content (AvgIpc) is 3.37. The minimum atomic E-state index is -3.76. The Morgan fingerprint density at radius 1 is 1.10 bits per heavy atom. The van der Waals surface area contributed by atoms with Crippen LogP contribution in [0.25, 0.3) is 0 Å². The number of aromatic nitrogens is 1. The Hall–Kier alpha value is -2.72. The highest BCUT2D eigenvalue weighted by Crippen LogP contribution is 2.30. The number of rotatable bonds is 6. The molecule has 0 saturated heterocycles. The summed E-state index contributed by atoms with van der Waals surface area (Å²) in [6.45, 7) is -1.69. The number of alkyl halides is 2. The number of sulfonamides is 1. The molecule has 2 aliphatic heterocycles. The van der Waals surface area contributed by atoms with Gasteiger partial charge in [0.05, 0.1) is 11.3 Å². The number of benzene rings is 1. The fraction of sp³-hybridized carbons (Fsp3) is 0.316. The number of H-pyrrole nitrogens is 1. The lowest BCUT2D eigenvalue weighted by atomic mass is 10.2. The van der Waals surface area contributed by atoms with E-state index in [9.17, 15) is 22.0 Å². The Balaban J connectivity index is 0.00000256. The number of nitrogens with zero attached hydrogens (tertiary/aromatic N) is 2. The van der Waals surface area contributed by atoms with Gasteiger partial charge in [0, 0.05) is 39.5 Å². The molecule has 0 bridgehead atoms. The fourth-order valence-corrected chi connectivity index (χ4v) is 5.02. The maximum absolute atomic E-state index is 12.9. The predicted molar refractivity (Wildman–Crippen MR) is 102 cm³/mol. The van der Waals surface area contributed by atoms with Crippen LogP contribution in [0.1, 0.15) is 7.12 Å². The number of carbonyl (C=O) groups excluding carboxylic acids is 1. The van der Waals surface area contributed by atoms with E-state index in [4.69, 9.17) is 0 Å². The quantitative estimate of drug-likeness (QED) is 0.720. The Morgan fingerprint density at radius 2 is 1.76 bits per heavy atom. The normalized spacial score (nSPS) is 17.3. The second-order valence-corrected chi connectivity index (χ2v) is 8.89. The van der Waals surface area contributed by atoms with Crippen molar-refractivity contribution < 1.29 is 28.2 Å². The molecular formula is C19H21F2N3O4S. The monoisotopic (exact) mass is 425 g/mol. The summed E-state index contributed by atoms with van der Waals surface area (Å²) in [6, 6.07) is 8.60. The van der Waals surface area contributed by atoms with Crippen molar-refractivity contribution in [2.75, 3.05) is 26.2 Å². The molecule has 0 unspecified atom stereocenters. The Bertz CT molecular complexity index is 1020. The molecule has 0 spiro atoms. The van der Waals surface area contributed by atoms with Crippen molar-refractivity contribution in [3.63, 3.8) is 0 Å². The van der Waals surface area contributed by atoms with Gasteiger partial charge in [-0.3, -0.25) is 4.79 Å². The molecule has 2 aromatic rings. The summed E-state index contributed by atoms with van der Waals surface area (Å²) in [5.74, 6) is -0.108. The van der Waals surface area contributed by atoms with E-state index in [-0.39, 0.29) is 37.5 Å². The maximum Gasteiger partial charge on any atom is 0.387 e. The summed E-state index contributed by atoms with van der Waals surface area (Å²) in [7, 11) is -3.76. The van der Waals surface area contributed by atoms with E-state index in [0.29, 0.717) is 13.1 Å². The maximum atomic E-state index is 12.9. The zero-order valence-electron chi connectivity index (χ0n) is 15.3. The van der Waals surface area contributed by atoms with Gasteiger partial charge in [-0.05, 0) is 47.5 Å². The first-order valence-corrected chi connectivity index (χ1v) is 10.4. The second kappa shape index (κ2) is 7.60.